The smallest absolute Gasteiger partial charge is 0.319 e. The van der Waals surface area contributed by atoms with E-state index in [1.165, 1.54) is 0 Å². The molecule has 2 N–H and O–H groups in total. The molecule has 0 spiro atoms. The number of carbonyl (C=O) groups is 1. The molecule has 0 radical (unpaired) electrons. The van der Waals surface area contributed by atoms with Crippen molar-refractivity contribution in [1.29, 1.82) is 0 Å². The summed E-state index contributed by atoms with van der Waals surface area (Å²) in [7, 11) is 0. The van der Waals surface area contributed by atoms with Crippen molar-refractivity contribution in [2.24, 2.45) is 0 Å². The third-order valence-corrected chi connectivity index (χ3v) is 3.03. The Balaban J connectivity index is 2.86. The number of benzene rings is 1. The number of aryl methyl sites for hydroxylation is 2. The van der Waals surface area contributed by atoms with Gasteiger partial charge in [0.05, 0.1) is 0 Å². The molecular formula is C12H16BrClN2O. The molecule has 0 atom stereocenters. The molecule has 1 aromatic carbocycles. The third-order valence-electron chi connectivity index (χ3n) is 2.38. The fourth-order valence-electron chi connectivity index (χ4n) is 1.59. The Morgan fingerprint density at radius 3 is 2.76 bits per heavy atom. The van der Waals surface area contributed by atoms with Crippen LogP contribution in [0.15, 0.2) is 16.6 Å². The van der Waals surface area contributed by atoms with Crippen molar-refractivity contribution in [2.75, 3.05) is 17.7 Å². The Morgan fingerprint density at radius 2 is 2.18 bits per heavy atom. The molecule has 0 aliphatic carbocycles. The van der Waals surface area contributed by atoms with Gasteiger partial charge in [-0.2, -0.15) is 0 Å². The van der Waals surface area contributed by atoms with Gasteiger partial charge in [0.2, 0.25) is 0 Å². The van der Waals surface area contributed by atoms with Gasteiger partial charge in [-0.15, -0.1) is 11.6 Å². The molecule has 0 fully saturated rings. The lowest BCUT2D eigenvalue weighted by Crippen LogP contribution is -2.30. The number of anilines is 1. The van der Waals surface area contributed by atoms with Gasteiger partial charge in [0.1, 0.15) is 0 Å². The first-order valence-electron chi connectivity index (χ1n) is 5.48. The lowest BCUT2D eigenvalue weighted by molar-refractivity contribution is 0.252. The van der Waals surface area contributed by atoms with Crippen LogP contribution in [0.4, 0.5) is 10.5 Å². The number of urea groups is 1. The highest BCUT2D eigenvalue weighted by Crippen LogP contribution is 2.26. The van der Waals surface area contributed by atoms with Gasteiger partial charge in [0, 0.05) is 22.6 Å². The maximum Gasteiger partial charge on any atom is 0.319 e. The van der Waals surface area contributed by atoms with Gasteiger partial charge in [0.15, 0.2) is 0 Å². The summed E-state index contributed by atoms with van der Waals surface area (Å²) >= 11 is 8.96. The van der Waals surface area contributed by atoms with E-state index in [4.69, 9.17) is 11.6 Å². The predicted molar refractivity (Wildman–Crippen MR) is 76.0 cm³/mol. The van der Waals surface area contributed by atoms with Crippen LogP contribution in [0.25, 0.3) is 0 Å². The summed E-state index contributed by atoms with van der Waals surface area (Å²) in [6.07, 6.45) is 0.866. The van der Waals surface area contributed by atoms with E-state index in [1.807, 2.05) is 19.1 Å². The number of rotatable bonds is 4. The quantitative estimate of drug-likeness (QED) is 0.817. The van der Waals surface area contributed by atoms with Crippen molar-refractivity contribution in [2.45, 2.75) is 20.3 Å². The predicted octanol–water partition coefficient (Wildman–Crippen LogP) is 3.68. The number of nitrogens with one attached hydrogen (secondary N) is 2. The van der Waals surface area contributed by atoms with Crippen LogP contribution in [0.3, 0.4) is 0 Å². The van der Waals surface area contributed by atoms with Crippen LogP contribution in [-0.4, -0.2) is 18.5 Å². The highest BCUT2D eigenvalue weighted by Gasteiger charge is 2.09. The van der Waals surface area contributed by atoms with Gasteiger partial charge in [-0.3, -0.25) is 0 Å². The molecule has 1 rings (SSSR count). The van der Waals surface area contributed by atoms with Gasteiger partial charge in [-0.05, 0) is 36.6 Å². The maximum atomic E-state index is 11.6. The maximum absolute atomic E-state index is 11.6. The topological polar surface area (TPSA) is 41.1 Å². The van der Waals surface area contributed by atoms with Crippen LogP contribution in [0, 0.1) is 6.92 Å². The first-order chi connectivity index (χ1) is 8.08. The summed E-state index contributed by atoms with van der Waals surface area (Å²) in [5.74, 6) is 0.410. The summed E-state index contributed by atoms with van der Waals surface area (Å²) in [6, 6.07) is 3.78. The van der Waals surface area contributed by atoms with Crippen molar-refractivity contribution in [3.8, 4) is 0 Å². The molecule has 0 aromatic heterocycles. The molecule has 0 bridgehead atoms. The van der Waals surface area contributed by atoms with Crippen molar-refractivity contribution in [3.63, 3.8) is 0 Å². The van der Waals surface area contributed by atoms with E-state index in [9.17, 15) is 4.79 Å². The van der Waals surface area contributed by atoms with Crippen LogP contribution >= 0.6 is 27.5 Å². The van der Waals surface area contributed by atoms with Gasteiger partial charge in [0.25, 0.3) is 0 Å². The average Bonchev–Trinajstić information content (AvgIpc) is 2.29. The van der Waals surface area contributed by atoms with Crippen LogP contribution in [0.5, 0.6) is 0 Å². The summed E-state index contributed by atoms with van der Waals surface area (Å²) in [6.45, 7) is 4.49. The zero-order valence-electron chi connectivity index (χ0n) is 9.94. The van der Waals surface area contributed by atoms with Crippen molar-refractivity contribution >= 4 is 39.2 Å². The molecule has 2 amide bonds. The molecule has 1 aromatic rings. The molecule has 3 nitrogen and oxygen atoms in total. The fourth-order valence-corrected chi connectivity index (χ4v) is 2.30. The highest BCUT2D eigenvalue weighted by molar-refractivity contribution is 9.10. The molecule has 0 saturated heterocycles. The summed E-state index contributed by atoms with van der Waals surface area (Å²) in [4.78, 5) is 11.6. The molecule has 0 unspecified atom stereocenters. The molecule has 0 heterocycles. The number of alkyl halides is 1. The van der Waals surface area contributed by atoms with Crippen LogP contribution in [-0.2, 0) is 6.42 Å². The van der Waals surface area contributed by atoms with E-state index in [0.717, 1.165) is 27.7 Å². The third kappa shape index (κ3) is 4.21. The molecule has 5 heteroatoms. The minimum Gasteiger partial charge on any atom is -0.337 e. The Labute approximate surface area is 115 Å². The fraction of sp³-hybridized carbons (Fsp3) is 0.417. The molecule has 94 valence electrons. The summed E-state index contributed by atoms with van der Waals surface area (Å²) in [5, 5.41) is 5.54. The van der Waals surface area contributed by atoms with Crippen LogP contribution in [0.1, 0.15) is 18.1 Å². The van der Waals surface area contributed by atoms with Gasteiger partial charge < -0.3 is 10.6 Å². The molecule has 0 aliphatic rings. The number of amides is 2. The van der Waals surface area contributed by atoms with Gasteiger partial charge in [-0.1, -0.05) is 22.9 Å². The minimum atomic E-state index is -0.217. The molecule has 17 heavy (non-hydrogen) atoms. The first-order valence-corrected chi connectivity index (χ1v) is 6.81. The average molecular weight is 320 g/mol. The SMILES string of the molecule is CCc1cc(Br)cc(C)c1NC(=O)NCCCl. The van der Waals surface area contributed by atoms with Crippen LogP contribution < -0.4 is 10.6 Å². The number of hydrogen-bond donors (Lipinski definition) is 2. The highest BCUT2D eigenvalue weighted by atomic mass is 79.9. The lowest BCUT2D eigenvalue weighted by Gasteiger charge is -2.14. The van der Waals surface area contributed by atoms with Gasteiger partial charge >= 0.3 is 6.03 Å². The van der Waals surface area contributed by atoms with Crippen molar-refractivity contribution in [3.05, 3.63) is 27.7 Å². The first kappa shape index (κ1) is 14.3. The van der Waals surface area contributed by atoms with Crippen molar-refractivity contribution in [1.82, 2.24) is 5.32 Å². The number of hydrogen-bond acceptors (Lipinski definition) is 1. The van der Waals surface area contributed by atoms with E-state index in [0.29, 0.717) is 12.4 Å². The number of halogens is 2. The second-order valence-corrected chi connectivity index (χ2v) is 4.97. The van der Waals surface area contributed by atoms with E-state index >= 15 is 0 Å². The summed E-state index contributed by atoms with van der Waals surface area (Å²) in [5.41, 5.74) is 3.03. The Morgan fingerprint density at radius 1 is 1.47 bits per heavy atom. The molecular weight excluding hydrogens is 304 g/mol. The van der Waals surface area contributed by atoms with E-state index < -0.39 is 0 Å². The van der Waals surface area contributed by atoms with Crippen LogP contribution in [0.2, 0.25) is 0 Å². The summed E-state index contributed by atoms with van der Waals surface area (Å²) < 4.78 is 1.03. The standard InChI is InChI=1S/C12H16BrClN2O/c1-3-9-7-10(13)6-8(2)11(9)16-12(17)15-5-4-14/h6-7H,3-5H2,1-2H3,(H2,15,16,17). The van der Waals surface area contributed by atoms with Gasteiger partial charge in [-0.25, -0.2) is 4.79 Å². The van der Waals surface area contributed by atoms with Crippen molar-refractivity contribution < 1.29 is 4.79 Å². The Kier molecular flexibility index (Phi) is 5.78. The second kappa shape index (κ2) is 6.87. The number of carbonyl (C=O) groups excluding carboxylic acids is 1. The second-order valence-electron chi connectivity index (χ2n) is 3.68. The Bertz CT molecular complexity index is 410. The normalized spacial score (nSPS) is 10.1. The van der Waals surface area contributed by atoms with E-state index in [-0.39, 0.29) is 6.03 Å². The largest absolute Gasteiger partial charge is 0.337 e. The molecule has 0 aliphatic heterocycles. The zero-order chi connectivity index (χ0) is 12.8. The minimum absolute atomic E-state index is 0.217. The Hall–Kier alpha value is -0.740. The van der Waals surface area contributed by atoms with E-state index in [1.54, 1.807) is 0 Å². The zero-order valence-corrected chi connectivity index (χ0v) is 12.3. The monoisotopic (exact) mass is 318 g/mol. The lowest BCUT2D eigenvalue weighted by atomic mass is 10.1. The van der Waals surface area contributed by atoms with E-state index in [2.05, 4.69) is 33.5 Å². The molecule has 0 saturated carbocycles.